The standard InChI is InChI=1S/C12H15F3N4O4S.C9H10F3N3O3S.C2HF3O2/c1-2-16-10(20)18-6-11(7-18)3-4-19-8(11)5-9(17-19)23-24(21,22)12(13,14)15;10-9(11,12)19(16,17)18-7-3-6-8(4-13-5-8)1-2-15(6)14-7;3-2(4,5)1(6)7/h5H,2-4,6-7H2,1H3,(H,16,20);3,13H,1-2,4-5H2;(H,6,7). The van der Waals surface area contributed by atoms with Gasteiger partial charge in [0.25, 0.3) is 11.8 Å². The van der Waals surface area contributed by atoms with Gasteiger partial charge in [0.15, 0.2) is 0 Å². The van der Waals surface area contributed by atoms with E-state index >= 15 is 0 Å². The molecule has 4 aliphatic heterocycles. The fourth-order valence-corrected chi connectivity index (χ4v) is 6.27. The van der Waals surface area contributed by atoms with Crippen LogP contribution >= 0.6 is 0 Å². The van der Waals surface area contributed by atoms with Crippen molar-refractivity contribution in [2.24, 2.45) is 0 Å². The number of likely N-dealkylation sites (tertiary alicyclic amines) is 1. The zero-order chi connectivity index (χ0) is 37.7. The van der Waals surface area contributed by atoms with Crippen molar-refractivity contribution >= 4 is 32.2 Å². The minimum absolute atomic E-state index is 0.142. The maximum absolute atomic E-state index is 12.4. The molecule has 4 aliphatic rings. The monoisotopic (exact) mass is 779 g/mol. The number of rotatable bonds is 5. The van der Waals surface area contributed by atoms with Crippen LogP contribution in [0.4, 0.5) is 44.3 Å². The first-order chi connectivity index (χ1) is 22.8. The lowest BCUT2D eigenvalue weighted by Gasteiger charge is -2.47. The van der Waals surface area contributed by atoms with E-state index in [-0.39, 0.29) is 11.4 Å². The summed E-state index contributed by atoms with van der Waals surface area (Å²) in [5, 5.41) is 20.4. The SMILES string of the molecule is CCNC(=O)N1CC2(CCn3nc(OS(=O)(=O)C(F)(F)F)cc32)C1.O=C(O)C(F)(F)F.O=S(=O)(Oc1cc2n(n1)CCC21CNC1)C(F)(F)F. The van der Waals surface area contributed by atoms with Crippen LogP contribution in [0.3, 0.4) is 0 Å². The molecule has 282 valence electrons. The number of aliphatic carboxylic acids is 1. The summed E-state index contributed by atoms with van der Waals surface area (Å²) < 4.78 is 160. The van der Waals surface area contributed by atoms with Gasteiger partial charge in [-0.15, -0.1) is 10.2 Å². The highest BCUT2D eigenvalue weighted by Gasteiger charge is 2.53. The highest BCUT2D eigenvalue weighted by atomic mass is 32.2. The number of nitrogens with one attached hydrogen (secondary N) is 2. The average molecular weight is 780 g/mol. The summed E-state index contributed by atoms with van der Waals surface area (Å²) in [5.41, 5.74) is -10.2. The van der Waals surface area contributed by atoms with Crippen LogP contribution in [-0.2, 0) is 49.0 Å². The number of carboxylic acids is 1. The van der Waals surface area contributed by atoms with Gasteiger partial charge in [-0.2, -0.15) is 56.3 Å². The average Bonchev–Trinajstić information content (AvgIpc) is 3.65. The number of carbonyl (C=O) groups is 2. The second-order valence-electron chi connectivity index (χ2n) is 11.3. The van der Waals surface area contributed by atoms with Crippen LogP contribution in [0, 0.1) is 0 Å². The third kappa shape index (κ3) is 7.66. The van der Waals surface area contributed by atoms with Crippen LogP contribution in [0.1, 0.15) is 31.2 Å². The Bertz CT molecular complexity index is 1830. The van der Waals surface area contributed by atoms with Crippen LogP contribution in [0.25, 0.3) is 0 Å². The van der Waals surface area contributed by atoms with Crippen LogP contribution in [-0.4, -0.2) is 108 Å². The molecule has 3 N–H and O–H groups in total. The molecule has 2 fully saturated rings. The number of aromatic nitrogens is 4. The molecule has 2 saturated heterocycles. The number of hydrogen-bond acceptors (Lipinski definition) is 11. The fourth-order valence-electron chi connectivity index (χ4n) is 5.47. The Hall–Kier alpha value is -4.01. The number of nitrogens with zero attached hydrogens (tertiary/aromatic N) is 5. The van der Waals surface area contributed by atoms with Gasteiger partial charge in [-0.25, -0.2) is 9.59 Å². The Morgan fingerprint density at radius 1 is 0.840 bits per heavy atom. The number of hydrogen-bond donors (Lipinski definition) is 3. The zero-order valence-electron chi connectivity index (χ0n) is 25.2. The summed E-state index contributed by atoms with van der Waals surface area (Å²) in [6.07, 6.45) is -3.56. The van der Waals surface area contributed by atoms with E-state index < -0.39 is 60.6 Å². The lowest BCUT2D eigenvalue weighted by atomic mass is 9.76. The second kappa shape index (κ2) is 13.0. The van der Waals surface area contributed by atoms with Crippen molar-refractivity contribution in [2.45, 2.75) is 60.9 Å². The third-order valence-corrected chi connectivity index (χ3v) is 9.85. The Morgan fingerprint density at radius 3 is 1.58 bits per heavy atom. The maximum Gasteiger partial charge on any atom is 0.534 e. The van der Waals surface area contributed by atoms with E-state index in [9.17, 15) is 61.1 Å². The molecule has 2 aromatic heterocycles. The van der Waals surface area contributed by atoms with Crippen molar-refractivity contribution < 1.29 is 79.4 Å². The molecular weight excluding hydrogens is 753 g/mol. The molecule has 16 nitrogen and oxygen atoms in total. The van der Waals surface area contributed by atoms with Crippen LogP contribution < -0.4 is 19.0 Å². The van der Waals surface area contributed by atoms with Crippen LogP contribution in [0.2, 0.25) is 0 Å². The minimum Gasteiger partial charge on any atom is -0.475 e. The summed E-state index contributed by atoms with van der Waals surface area (Å²) in [7, 11) is -11.4. The van der Waals surface area contributed by atoms with Crippen molar-refractivity contribution in [3.63, 3.8) is 0 Å². The van der Waals surface area contributed by atoms with Gasteiger partial charge in [0, 0.05) is 68.8 Å². The van der Waals surface area contributed by atoms with Crippen molar-refractivity contribution in [2.75, 3.05) is 32.7 Å². The molecule has 0 radical (unpaired) electrons. The molecule has 0 aliphatic carbocycles. The molecule has 2 aromatic rings. The first-order valence-corrected chi connectivity index (χ1v) is 16.8. The number of alkyl halides is 9. The fraction of sp³-hybridized carbons (Fsp3) is 0.652. The number of carboxylic acid groups (broad SMARTS) is 1. The number of halogens is 9. The van der Waals surface area contributed by atoms with Crippen molar-refractivity contribution in [3.8, 4) is 11.8 Å². The molecule has 27 heteroatoms. The van der Waals surface area contributed by atoms with Gasteiger partial charge in [0.05, 0.1) is 11.4 Å². The molecular formula is C23H26F9N7O9S2. The molecule has 0 aromatic carbocycles. The quantitative estimate of drug-likeness (QED) is 0.226. The number of carbonyl (C=O) groups excluding carboxylic acids is 1. The Morgan fingerprint density at radius 2 is 1.24 bits per heavy atom. The molecule has 0 saturated carbocycles. The van der Waals surface area contributed by atoms with Gasteiger partial charge in [-0.1, -0.05) is 0 Å². The smallest absolute Gasteiger partial charge is 0.475 e. The topological polar surface area (TPSA) is 204 Å². The molecule has 0 unspecified atom stereocenters. The van der Waals surface area contributed by atoms with E-state index in [0.29, 0.717) is 57.9 Å². The van der Waals surface area contributed by atoms with Gasteiger partial charge < -0.3 is 29.0 Å². The largest absolute Gasteiger partial charge is 0.534 e. The van der Waals surface area contributed by atoms with E-state index in [1.54, 1.807) is 11.8 Å². The third-order valence-electron chi connectivity index (χ3n) is 7.93. The van der Waals surface area contributed by atoms with Crippen molar-refractivity contribution in [3.05, 3.63) is 23.5 Å². The van der Waals surface area contributed by atoms with E-state index in [1.165, 1.54) is 21.5 Å². The van der Waals surface area contributed by atoms with Crippen molar-refractivity contribution in [1.82, 2.24) is 35.1 Å². The molecule has 2 spiro atoms. The maximum atomic E-state index is 12.4. The minimum atomic E-state index is -5.75. The molecule has 0 bridgehead atoms. The lowest BCUT2D eigenvalue weighted by Crippen LogP contribution is -2.62. The molecule has 6 rings (SSSR count). The van der Waals surface area contributed by atoms with Crippen molar-refractivity contribution in [1.29, 1.82) is 0 Å². The van der Waals surface area contributed by atoms with Gasteiger partial charge in [0.1, 0.15) is 0 Å². The second-order valence-corrected chi connectivity index (χ2v) is 14.4. The Balaban J connectivity index is 0.000000193. The van der Waals surface area contributed by atoms with Gasteiger partial charge in [0.2, 0.25) is 0 Å². The number of fused-ring (bicyclic) bond motifs is 4. The summed E-state index contributed by atoms with van der Waals surface area (Å²) in [6.45, 7) is 5.48. The molecule has 2 amide bonds. The summed E-state index contributed by atoms with van der Waals surface area (Å²) in [4.78, 5) is 22.2. The van der Waals surface area contributed by atoms with Gasteiger partial charge >= 0.3 is 49.4 Å². The first-order valence-electron chi connectivity index (χ1n) is 14.0. The first kappa shape index (κ1) is 38.8. The zero-order valence-corrected chi connectivity index (χ0v) is 26.8. The molecule has 6 heterocycles. The molecule has 50 heavy (non-hydrogen) atoms. The predicted molar refractivity (Wildman–Crippen MR) is 145 cm³/mol. The van der Waals surface area contributed by atoms with E-state index in [4.69, 9.17) is 9.90 Å². The summed E-state index contributed by atoms with van der Waals surface area (Å²) in [5.74, 6) is -3.90. The van der Waals surface area contributed by atoms with E-state index in [0.717, 1.165) is 12.1 Å². The van der Waals surface area contributed by atoms with Crippen LogP contribution in [0.5, 0.6) is 11.8 Å². The highest BCUT2D eigenvalue weighted by molar-refractivity contribution is 7.88. The predicted octanol–water partition coefficient (Wildman–Crippen LogP) is 1.79. The van der Waals surface area contributed by atoms with E-state index in [2.05, 4.69) is 29.2 Å². The summed E-state index contributed by atoms with van der Waals surface area (Å²) >= 11 is 0. The molecule has 0 atom stereocenters. The highest BCUT2D eigenvalue weighted by Crippen LogP contribution is 2.44. The lowest BCUT2D eigenvalue weighted by molar-refractivity contribution is -0.192. The van der Waals surface area contributed by atoms with Crippen LogP contribution in [0.15, 0.2) is 12.1 Å². The van der Waals surface area contributed by atoms with Gasteiger partial charge in [-0.05, 0) is 19.8 Å². The Labute approximate surface area is 275 Å². The number of amides is 2. The number of urea groups is 1. The Kier molecular flexibility index (Phi) is 10.0. The normalized spacial score (nSPS) is 18.8. The summed E-state index contributed by atoms with van der Waals surface area (Å²) in [6, 6.07) is 2.26. The van der Waals surface area contributed by atoms with Gasteiger partial charge in [-0.3, -0.25) is 9.36 Å². The van der Waals surface area contributed by atoms with E-state index in [1.807, 2.05) is 0 Å². The number of aryl methyl sites for hydroxylation is 2.